The first-order valence-electron chi connectivity index (χ1n) is 19.6. The molecule has 0 saturated heterocycles. The van der Waals surface area contributed by atoms with Crippen LogP contribution in [0.1, 0.15) is 25.0 Å². The molecular weight excluding hydrogens is 819 g/mol. The van der Waals surface area contributed by atoms with Gasteiger partial charge in [0.2, 0.25) is 0 Å². The molecular formula is C50H44Cl2N2SiZr. The van der Waals surface area contributed by atoms with E-state index in [1.165, 1.54) is 111 Å². The zero-order chi connectivity index (χ0) is 38.9. The molecule has 2 heterocycles. The van der Waals surface area contributed by atoms with Gasteiger partial charge in [-0.25, -0.2) is 0 Å². The molecule has 276 valence electrons. The standard InChI is InChI=1S/C50H44N2Si.2ClH.Zr/c1-7-53(8-2,49-31(3)27-41-35(17-13-19-39(41)49)33-23-25-47-43(29-33)37-15-9-11-21-45(37)51(47)5)50-32(4)28-42-36(18-14-20-40(42)50)34-24-26-48-44(30-34)38-16-10-12-22-46(38)52(48)6;;;/h9-30H,7-8H2,1-6H3;2*1H;/q-2;;;+4/p-2. The van der Waals surface area contributed by atoms with Crippen LogP contribution in [-0.2, 0) is 34.9 Å². The topological polar surface area (TPSA) is 9.86 Å². The Morgan fingerprint density at radius 2 is 0.875 bits per heavy atom. The molecule has 2 aromatic heterocycles. The molecule has 0 radical (unpaired) electrons. The average molecular weight is 863 g/mol. The third-order valence-corrected chi connectivity index (χ3v) is 18.5. The van der Waals surface area contributed by atoms with Gasteiger partial charge in [0, 0.05) is 65.8 Å². The molecule has 0 spiro atoms. The fraction of sp³-hybridized carbons (Fsp3) is 0.160. The molecule has 2 nitrogen and oxygen atoms in total. The van der Waals surface area contributed by atoms with Crippen LogP contribution in [0, 0.1) is 13.8 Å². The Bertz CT molecular complexity index is 2910. The summed E-state index contributed by atoms with van der Waals surface area (Å²) in [6.07, 6.45) is 0. The van der Waals surface area contributed by atoms with Gasteiger partial charge >= 0.3 is 37.9 Å². The third kappa shape index (κ3) is 5.58. The van der Waals surface area contributed by atoms with E-state index in [1.807, 2.05) is 0 Å². The second-order valence-electron chi connectivity index (χ2n) is 15.4. The van der Waals surface area contributed by atoms with E-state index in [1.54, 1.807) is 10.4 Å². The number of para-hydroxylation sites is 2. The van der Waals surface area contributed by atoms with E-state index in [9.17, 15) is 0 Å². The van der Waals surface area contributed by atoms with Crippen molar-refractivity contribution in [1.29, 1.82) is 0 Å². The van der Waals surface area contributed by atoms with Gasteiger partial charge in [-0.3, -0.25) is 0 Å². The molecule has 10 rings (SSSR count). The Morgan fingerprint density at radius 1 is 0.482 bits per heavy atom. The Morgan fingerprint density at radius 3 is 1.29 bits per heavy atom. The SMILES string of the molecule is CC[Si](CC)([c-]1c(C)cc2c(-c3ccc4c(c3)c3ccccc3n4C)cccc21)[c-]1c(C)cc2c(-c3ccc4c(c3)c3ccccc3n4C)cccc21.[Cl][Zr+2][Cl]. The van der Waals surface area contributed by atoms with Gasteiger partial charge in [-0.15, -0.1) is 67.3 Å². The van der Waals surface area contributed by atoms with Crippen molar-refractivity contribution in [3.05, 3.63) is 145 Å². The number of hydrogen-bond acceptors (Lipinski definition) is 0. The van der Waals surface area contributed by atoms with Crippen molar-refractivity contribution >= 4 is 101 Å². The molecule has 0 aliphatic rings. The maximum absolute atomic E-state index is 4.93. The van der Waals surface area contributed by atoms with Crippen LogP contribution in [0.15, 0.2) is 133 Å². The summed E-state index contributed by atoms with van der Waals surface area (Å²) in [5.74, 6) is 0. The molecule has 0 aliphatic carbocycles. The summed E-state index contributed by atoms with van der Waals surface area (Å²) < 4.78 is 4.64. The quantitative estimate of drug-likeness (QED) is 0.116. The van der Waals surface area contributed by atoms with Gasteiger partial charge in [0.15, 0.2) is 0 Å². The number of halogens is 2. The number of aryl methyl sites for hydroxylation is 4. The summed E-state index contributed by atoms with van der Waals surface area (Å²) in [6, 6.07) is 53.1. The predicted molar refractivity (Wildman–Crippen MR) is 245 cm³/mol. The number of aromatic nitrogens is 2. The van der Waals surface area contributed by atoms with Gasteiger partial charge in [0.25, 0.3) is 0 Å². The van der Waals surface area contributed by atoms with E-state index >= 15 is 0 Å². The number of fused-ring (bicyclic) bond motifs is 8. The van der Waals surface area contributed by atoms with E-state index in [-0.39, 0.29) is 0 Å². The summed E-state index contributed by atoms with van der Waals surface area (Å²) >= 11 is -0.826. The first-order chi connectivity index (χ1) is 27.3. The minimum atomic E-state index is -2.22. The van der Waals surface area contributed by atoms with Crippen LogP contribution >= 0.6 is 17.0 Å². The van der Waals surface area contributed by atoms with Crippen LogP contribution in [0.5, 0.6) is 0 Å². The van der Waals surface area contributed by atoms with Crippen LogP contribution in [0.3, 0.4) is 0 Å². The maximum atomic E-state index is 4.93. The van der Waals surface area contributed by atoms with Gasteiger partial charge < -0.3 is 9.13 Å². The van der Waals surface area contributed by atoms with Crippen molar-refractivity contribution in [2.24, 2.45) is 14.1 Å². The molecule has 0 bridgehead atoms. The summed E-state index contributed by atoms with van der Waals surface area (Å²) in [6.45, 7) is 9.68. The summed E-state index contributed by atoms with van der Waals surface area (Å²) in [5, 5.41) is 14.2. The van der Waals surface area contributed by atoms with E-state index in [0.717, 1.165) is 0 Å². The van der Waals surface area contributed by atoms with Crippen LogP contribution in [0.4, 0.5) is 0 Å². The molecule has 0 amide bonds. The van der Waals surface area contributed by atoms with Gasteiger partial charge in [-0.2, -0.15) is 12.1 Å². The van der Waals surface area contributed by atoms with E-state index in [4.69, 9.17) is 17.0 Å². The van der Waals surface area contributed by atoms with Gasteiger partial charge in [0.05, 0.1) is 0 Å². The normalized spacial score (nSPS) is 12.0. The zero-order valence-electron chi connectivity index (χ0n) is 32.8. The molecule has 8 aromatic carbocycles. The zero-order valence-corrected chi connectivity index (χ0v) is 37.7. The molecule has 0 N–H and O–H groups in total. The second kappa shape index (κ2) is 14.6. The molecule has 6 heteroatoms. The van der Waals surface area contributed by atoms with Crippen LogP contribution in [-0.4, -0.2) is 17.2 Å². The Balaban J connectivity index is 0.00000133. The second-order valence-corrected chi connectivity index (χ2v) is 23.7. The van der Waals surface area contributed by atoms with Crippen molar-refractivity contribution in [2.75, 3.05) is 0 Å². The number of rotatable bonds is 6. The first kappa shape index (κ1) is 37.4. The summed E-state index contributed by atoms with van der Waals surface area (Å²) in [7, 11) is 12.0. The monoisotopic (exact) mass is 860 g/mol. The molecule has 0 fully saturated rings. The van der Waals surface area contributed by atoms with Gasteiger partial charge in [-0.1, -0.05) is 112 Å². The van der Waals surface area contributed by atoms with Crippen molar-refractivity contribution in [1.82, 2.24) is 9.13 Å². The molecule has 10 aromatic rings. The minimum absolute atomic E-state index is 0.826. The molecule has 0 aliphatic heterocycles. The van der Waals surface area contributed by atoms with Crippen molar-refractivity contribution in [3.63, 3.8) is 0 Å². The van der Waals surface area contributed by atoms with Crippen molar-refractivity contribution < 1.29 is 20.8 Å². The Hall–Kier alpha value is -4.18. The van der Waals surface area contributed by atoms with Crippen molar-refractivity contribution in [2.45, 2.75) is 39.8 Å². The fourth-order valence-electron chi connectivity index (χ4n) is 10.4. The van der Waals surface area contributed by atoms with Crippen LogP contribution < -0.4 is 10.4 Å². The van der Waals surface area contributed by atoms with Crippen LogP contribution in [0.25, 0.3) is 87.4 Å². The first-order valence-corrected chi connectivity index (χ1v) is 28.3. The molecule has 0 atom stereocenters. The predicted octanol–water partition coefficient (Wildman–Crippen LogP) is 13.7. The average Bonchev–Trinajstić information content (AvgIpc) is 3.93. The third-order valence-electron chi connectivity index (χ3n) is 12.9. The Kier molecular flexibility index (Phi) is 9.78. The number of hydrogen-bond donors (Lipinski definition) is 0. The molecule has 0 saturated carbocycles. The van der Waals surface area contributed by atoms with Crippen LogP contribution in [0.2, 0.25) is 12.1 Å². The molecule has 0 unspecified atom stereocenters. The Labute approximate surface area is 348 Å². The fourth-order valence-corrected chi connectivity index (χ4v) is 15.7. The van der Waals surface area contributed by atoms with E-state index in [0.29, 0.717) is 0 Å². The van der Waals surface area contributed by atoms with E-state index < -0.39 is 28.9 Å². The van der Waals surface area contributed by atoms with Gasteiger partial charge in [0.1, 0.15) is 0 Å². The summed E-state index contributed by atoms with van der Waals surface area (Å²) in [4.78, 5) is 0. The van der Waals surface area contributed by atoms with Crippen molar-refractivity contribution in [3.8, 4) is 22.3 Å². The summed E-state index contributed by atoms with van der Waals surface area (Å²) in [5.41, 5.74) is 13.2. The number of nitrogens with zero attached hydrogens (tertiary/aromatic N) is 2. The molecule has 56 heavy (non-hydrogen) atoms. The van der Waals surface area contributed by atoms with E-state index in [2.05, 4.69) is 184 Å². The van der Waals surface area contributed by atoms with Gasteiger partial charge in [-0.05, 0) is 47.5 Å². The number of benzene rings is 6.